The third-order valence-corrected chi connectivity index (χ3v) is 3.97. The lowest BCUT2D eigenvalue weighted by molar-refractivity contribution is 0.0402. The van der Waals surface area contributed by atoms with Crippen molar-refractivity contribution in [2.45, 2.75) is 19.1 Å². The molecule has 23 heavy (non-hydrogen) atoms. The molecule has 3 N–H and O–H groups in total. The van der Waals surface area contributed by atoms with Crippen LogP contribution in [-0.2, 0) is 16.1 Å². The predicted molar refractivity (Wildman–Crippen MR) is 82.5 cm³/mol. The number of aromatic nitrogens is 2. The lowest BCUT2D eigenvalue weighted by Crippen LogP contribution is -2.08. The number of halogens is 2. The third kappa shape index (κ3) is 2.83. The van der Waals surface area contributed by atoms with Gasteiger partial charge in [0, 0.05) is 36.3 Å². The molecule has 0 amide bonds. The van der Waals surface area contributed by atoms with Gasteiger partial charge in [-0.1, -0.05) is 11.6 Å². The van der Waals surface area contributed by atoms with Crippen molar-refractivity contribution < 1.29 is 19.0 Å². The number of fused-ring (bicyclic) bond motifs is 1. The Hall–Kier alpha value is -1.96. The highest BCUT2D eigenvalue weighted by atomic mass is 35.5. The number of nitrogens with zero attached hydrogens (tertiary/aromatic N) is 2. The fraction of sp³-hybridized carbons (Fsp3) is 0.333. The van der Waals surface area contributed by atoms with Crippen LogP contribution in [0.5, 0.6) is 5.75 Å². The lowest BCUT2D eigenvalue weighted by atomic mass is 9.99. The van der Waals surface area contributed by atoms with Crippen LogP contribution in [0.2, 0.25) is 5.02 Å². The second-order valence-corrected chi connectivity index (χ2v) is 5.63. The van der Waals surface area contributed by atoms with Crippen molar-refractivity contribution in [2.24, 2.45) is 0 Å². The van der Waals surface area contributed by atoms with Crippen molar-refractivity contribution in [3.8, 4) is 17.0 Å². The van der Waals surface area contributed by atoms with E-state index < -0.39 is 5.82 Å². The van der Waals surface area contributed by atoms with E-state index in [1.165, 1.54) is 6.07 Å². The monoisotopic (exact) mass is 339 g/mol. The molecular weight excluding hydrogens is 325 g/mol. The fourth-order valence-electron chi connectivity index (χ4n) is 2.72. The van der Waals surface area contributed by atoms with E-state index in [9.17, 15) is 9.50 Å². The van der Waals surface area contributed by atoms with Gasteiger partial charge in [0.25, 0.3) is 0 Å². The Balaban J connectivity index is 2.12. The lowest BCUT2D eigenvalue weighted by Gasteiger charge is -2.13. The molecule has 8 heteroatoms. The Labute approximate surface area is 137 Å². The van der Waals surface area contributed by atoms with Gasteiger partial charge in [-0.05, 0) is 12.1 Å². The summed E-state index contributed by atoms with van der Waals surface area (Å²) in [5.74, 6) is -0.760. The summed E-state index contributed by atoms with van der Waals surface area (Å²) in [6.07, 6.45) is 0.296. The third-order valence-electron chi connectivity index (χ3n) is 3.75. The van der Waals surface area contributed by atoms with Crippen LogP contribution >= 0.6 is 11.6 Å². The molecule has 0 spiro atoms. The molecule has 6 nitrogen and oxygen atoms in total. The number of benzene rings is 1. The highest BCUT2D eigenvalue weighted by Gasteiger charge is 2.31. The first kappa shape index (κ1) is 15.9. The van der Waals surface area contributed by atoms with Crippen LogP contribution in [0.3, 0.4) is 0 Å². The van der Waals surface area contributed by atoms with Gasteiger partial charge in [-0.2, -0.15) is 0 Å². The fourth-order valence-corrected chi connectivity index (χ4v) is 2.92. The van der Waals surface area contributed by atoms with Gasteiger partial charge < -0.3 is 20.3 Å². The average molecular weight is 340 g/mol. The summed E-state index contributed by atoms with van der Waals surface area (Å²) in [7, 11) is 1.59. The molecule has 1 atom stereocenters. The summed E-state index contributed by atoms with van der Waals surface area (Å²) < 4.78 is 25.0. The molecule has 1 aromatic carbocycles. The number of rotatable bonds is 4. The zero-order chi connectivity index (χ0) is 16.6. The van der Waals surface area contributed by atoms with E-state index in [2.05, 4.69) is 10.2 Å². The number of nitrogens with two attached hydrogens (primary N) is 1. The standard InChI is InChI=1S/C15H15ClFN3O3/c1-22-3-2-11-12-8(6-23-11)14(19-20-15(12)18)13-9(17)4-7(16)5-10(13)21/h4-5,11,21H,2-3,6H2,1H3,(H2,18,20)/t11-/m1/s1. The second-order valence-electron chi connectivity index (χ2n) is 5.19. The largest absolute Gasteiger partial charge is 0.507 e. The van der Waals surface area contributed by atoms with Crippen molar-refractivity contribution in [3.05, 3.63) is 34.1 Å². The van der Waals surface area contributed by atoms with E-state index in [1.807, 2.05) is 0 Å². The maximum atomic E-state index is 14.3. The number of hydrogen-bond donors (Lipinski definition) is 2. The van der Waals surface area contributed by atoms with E-state index in [0.717, 1.165) is 6.07 Å². The normalized spacial score (nSPS) is 16.6. The Morgan fingerprint density at radius 3 is 2.96 bits per heavy atom. The summed E-state index contributed by atoms with van der Waals surface area (Å²) in [5, 5.41) is 18.0. The Bertz CT molecular complexity index is 734. The summed E-state index contributed by atoms with van der Waals surface area (Å²) in [5.41, 5.74) is 7.35. The highest BCUT2D eigenvalue weighted by Crippen LogP contribution is 2.43. The average Bonchev–Trinajstić information content (AvgIpc) is 2.91. The molecule has 2 heterocycles. The molecule has 0 bridgehead atoms. The summed E-state index contributed by atoms with van der Waals surface area (Å²) >= 11 is 5.74. The van der Waals surface area contributed by atoms with E-state index in [1.54, 1.807) is 7.11 Å². The molecule has 0 aliphatic carbocycles. The van der Waals surface area contributed by atoms with Gasteiger partial charge in [0.05, 0.1) is 18.3 Å². The molecule has 122 valence electrons. The first-order chi connectivity index (χ1) is 11.0. The maximum absolute atomic E-state index is 14.3. The quantitative estimate of drug-likeness (QED) is 0.890. The Kier molecular flexibility index (Phi) is 4.34. The van der Waals surface area contributed by atoms with Gasteiger partial charge in [-0.25, -0.2) is 4.39 Å². The van der Waals surface area contributed by atoms with E-state index in [4.69, 9.17) is 26.8 Å². The first-order valence-corrected chi connectivity index (χ1v) is 7.34. The number of phenols is 1. The highest BCUT2D eigenvalue weighted by molar-refractivity contribution is 6.30. The molecule has 0 saturated heterocycles. The van der Waals surface area contributed by atoms with Crippen molar-refractivity contribution in [2.75, 3.05) is 19.5 Å². The molecule has 0 saturated carbocycles. The Morgan fingerprint density at radius 2 is 2.26 bits per heavy atom. The molecule has 0 radical (unpaired) electrons. The number of ether oxygens (including phenoxy) is 2. The zero-order valence-electron chi connectivity index (χ0n) is 12.3. The van der Waals surface area contributed by atoms with Crippen LogP contribution in [0.15, 0.2) is 12.1 Å². The predicted octanol–water partition coefficient (Wildman–Crippen LogP) is 2.83. The van der Waals surface area contributed by atoms with E-state index in [-0.39, 0.29) is 40.6 Å². The molecule has 1 aromatic heterocycles. The smallest absolute Gasteiger partial charge is 0.152 e. The van der Waals surface area contributed by atoms with Gasteiger partial charge in [-0.3, -0.25) is 0 Å². The number of methoxy groups -OCH3 is 1. The van der Waals surface area contributed by atoms with Crippen LogP contribution in [0, 0.1) is 5.82 Å². The van der Waals surface area contributed by atoms with Crippen molar-refractivity contribution in [1.82, 2.24) is 10.2 Å². The summed E-state index contributed by atoms with van der Waals surface area (Å²) in [6.45, 7) is 0.696. The molecule has 0 unspecified atom stereocenters. The van der Waals surface area contributed by atoms with Crippen LogP contribution in [0.4, 0.5) is 10.2 Å². The molecule has 2 aromatic rings. The Morgan fingerprint density at radius 1 is 1.48 bits per heavy atom. The van der Waals surface area contributed by atoms with Crippen molar-refractivity contribution in [1.29, 1.82) is 0 Å². The van der Waals surface area contributed by atoms with Crippen molar-refractivity contribution >= 4 is 17.4 Å². The summed E-state index contributed by atoms with van der Waals surface area (Å²) in [6, 6.07) is 2.36. The topological polar surface area (TPSA) is 90.5 Å². The number of anilines is 1. The maximum Gasteiger partial charge on any atom is 0.152 e. The van der Waals surface area contributed by atoms with E-state index in [0.29, 0.717) is 24.2 Å². The van der Waals surface area contributed by atoms with Gasteiger partial charge in [-0.15, -0.1) is 10.2 Å². The SMILES string of the molecule is COCC[C@H]1OCc2c(-c3c(O)cc(Cl)cc3F)nnc(N)c21. The molecule has 1 aliphatic rings. The van der Waals surface area contributed by atoms with Gasteiger partial charge in [0.1, 0.15) is 17.3 Å². The van der Waals surface area contributed by atoms with Gasteiger partial charge >= 0.3 is 0 Å². The van der Waals surface area contributed by atoms with Crippen molar-refractivity contribution in [3.63, 3.8) is 0 Å². The number of hydrogen-bond acceptors (Lipinski definition) is 6. The van der Waals surface area contributed by atoms with Gasteiger partial charge in [0.2, 0.25) is 0 Å². The number of nitrogen functional groups attached to an aromatic ring is 1. The van der Waals surface area contributed by atoms with Crippen LogP contribution in [-0.4, -0.2) is 29.0 Å². The molecule has 1 aliphatic heterocycles. The minimum absolute atomic E-state index is 0.0610. The van der Waals surface area contributed by atoms with Crippen LogP contribution in [0.25, 0.3) is 11.3 Å². The first-order valence-electron chi connectivity index (χ1n) is 6.96. The summed E-state index contributed by atoms with van der Waals surface area (Å²) in [4.78, 5) is 0. The molecule has 3 rings (SSSR count). The molecular formula is C15H15ClFN3O3. The van der Waals surface area contributed by atoms with Crippen LogP contribution in [0.1, 0.15) is 23.7 Å². The second kappa shape index (κ2) is 6.27. The van der Waals surface area contributed by atoms with Crippen LogP contribution < -0.4 is 5.73 Å². The number of phenolic OH excluding ortho intramolecular Hbond substituents is 1. The van der Waals surface area contributed by atoms with E-state index >= 15 is 0 Å². The minimum Gasteiger partial charge on any atom is -0.507 e. The number of aromatic hydroxyl groups is 1. The molecule has 0 fully saturated rings. The zero-order valence-corrected chi connectivity index (χ0v) is 13.1. The van der Waals surface area contributed by atoms with Gasteiger partial charge in [0.15, 0.2) is 5.82 Å². The minimum atomic E-state index is -0.684.